The van der Waals surface area contributed by atoms with Crippen LogP contribution in [-0.4, -0.2) is 12.4 Å². The Kier molecular flexibility index (Phi) is 4.20. The Balaban J connectivity index is 1.79. The fourth-order valence-electron chi connectivity index (χ4n) is 3.35. The maximum Gasteiger partial charge on any atom is 0.129 e. The van der Waals surface area contributed by atoms with Crippen LogP contribution in [0.4, 0.5) is 0 Å². The molecule has 3 nitrogen and oxygen atoms in total. The molecule has 0 aromatic heterocycles. The molecule has 0 bridgehead atoms. The molecule has 126 valence electrons. The summed E-state index contributed by atoms with van der Waals surface area (Å²) in [6, 6.07) is 27.8. The van der Waals surface area contributed by atoms with E-state index < -0.39 is 5.54 Å². The highest BCUT2D eigenvalue weighted by atomic mass is 35.5. The second-order valence-electron chi connectivity index (χ2n) is 6.26. The van der Waals surface area contributed by atoms with Crippen LogP contribution in [0.3, 0.4) is 0 Å². The fraction of sp³-hybridized carbons (Fsp3) is 0.0909. The van der Waals surface area contributed by atoms with Gasteiger partial charge in [-0.15, -0.1) is 0 Å². The molecule has 1 unspecified atom stereocenters. The lowest BCUT2D eigenvalue weighted by molar-refractivity contribution is 0.524. The van der Waals surface area contributed by atoms with Gasteiger partial charge in [-0.25, -0.2) is 0 Å². The topological polar surface area (TPSA) is 48.2 Å². The Labute approximate surface area is 157 Å². The summed E-state index contributed by atoms with van der Waals surface area (Å²) in [5.41, 5.74) is 3.23. The van der Waals surface area contributed by atoms with E-state index in [1.54, 1.807) is 6.07 Å². The number of rotatable bonds is 3. The summed E-state index contributed by atoms with van der Waals surface area (Å²) in [5.74, 6) is 0.783. The van der Waals surface area contributed by atoms with E-state index in [4.69, 9.17) is 21.9 Å². The lowest BCUT2D eigenvalue weighted by atomic mass is 9.83. The monoisotopic (exact) mass is 357 g/mol. The van der Waals surface area contributed by atoms with E-state index in [-0.39, 0.29) is 0 Å². The highest BCUT2D eigenvalue weighted by Crippen LogP contribution is 2.35. The van der Waals surface area contributed by atoms with Crippen LogP contribution in [0.15, 0.2) is 83.9 Å². The van der Waals surface area contributed by atoms with Crippen LogP contribution in [-0.2, 0) is 5.54 Å². The van der Waals surface area contributed by atoms with Crippen LogP contribution >= 0.6 is 11.6 Å². The molecule has 1 N–H and O–H groups in total. The molecule has 0 aliphatic carbocycles. The number of nitrogens with one attached hydrogen (secondary N) is 1. The number of hydrogen-bond acceptors (Lipinski definition) is 3. The molecule has 3 aromatic rings. The first kappa shape index (κ1) is 16.4. The predicted molar refractivity (Wildman–Crippen MR) is 104 cm³/mol. The van der Waals surface area contributed by atoms with E-state index >= 15 is 0 Å². The van der Waals surface area contributed by atoms with Crippen molar-refractivity contribution in [3.8, 4) is 6.07 Å². The maximum absolute atomic E-state index is 9.17. The van der Waals surface area contributed by atoms with Crippen molar-refractivity contribution >= 4 is 17.4 Å². The molecule has 1 heterocycles. The standard InChI is InChI=1S/C22H16ClN3/c23-20-11-5-10-19(13-20)22(18-8-2-1-3-9-18)15-25-21(26-22)17-7-4-6-16(12-17)14-24/h1-13H,15H2,(H,25,26). The van der Waals surface area contributed by atoms with Gasteiger partial charge in [0, 0.05) is 10.6 Å². The van der Waals surface area contributed by atoms with Crippen molar-refractivity contribution in [2.24, 2.45) is 4.99 Å². The van der Waals surface area contributed by atoms with Crippen molar-refractivity contribution in [2.75, 3.05) is 6.54 Å². The number of nitrogens with zero attached hydrogens (tertiary/aromatic N) is 2. The van der Waals surface area contributed by atoms with Gasteiger partial charge in [0.05, 0.1) is 18.2 Å². The van der Waals surface area contributed by atoms with Gasteiger partial charge in [0.25, 0.3) is 0 Å². The fourth-order valence-corrected chi connectivity index (χ4v) is 3.54. The zero-order chi connectivity index (χ0) is 18.0. The van der Waals surface area contributed by atoms with Crippen LogP contribution in [0.1, 0.15) is 22.3 Å². The molecule has 0 amide bonds. The first-order valence-electron chi connectivity index (χ1n) is 8.36. The third-order valence-electron chi connectivity index (χ3n) is 4.66. The molecule has 0 fully saturated rings. The molecular weight excluding hydrogens is 342 g/mol. The molecular formula is C22H16ClN3. The third-order valence-corrected chi connectivity index (χ3v) is 4.89. The molecule has 0 radical (unpaired) electrons. The number of amidine groups is 1. The third kappa shape index (κ3) is 2.85. The number of benzene rings is 3. The minimum absolute atomic E-state index is 0.482. The number of nitriles is 1. The van der Waals surface area contributed by atoms with E-state index in [0.29, 0.717) is 17.1 Å². The molecule has 0 saturated carbocycles. The molecule has 0 saturated heterocycles. The minimum Gasteiger partial charge on any atom is -0.355 e. The first-order chi connectivity index (χ1) is 12.7. The van der Waals surface area contributed by atoms with Crippen LogP contribution < -0.4 is 5.32 Å². The minimum atomic E-state index is -0.482. The molecule has 0 spiro atoms. The van der Waals surface area contributed by atoms with Crippen molar-refractivity contribution in [2.45, 2.75) is 5.54 Å². The Morgan fingerprint density at radius 2 is 1.69 bits per heavy atom. The van der Waals surface area contributed by atoms with Gasteiger partial charge in [-0.2, -0.15) is 5.26 Å². The van der Waals surface area contributed by atoms with Gasteiger partial charge in [0.15, 0.2) is 0 Å². The first-order valence-corrected chi connectivity index (χ1v) is 8.74. The van der Waals surface area contributed by atoms with Crippen molar-refractivity contribution in [3.63, 3.8) is 0 Å². The van der Waals surface area contributed by atoms with E-state index in [1.807, 2.05) is 54.6 Å². The van der Waals surface area contributed by atoms with Crippen molar-refractivity contribution in [3.05, 3.63) is 106 Å². The number of halogens is 1. The van der Waals surface area contributed by atoms with Crippen molar-refractivity contribution < 1.29 is 0 Å². The Bertz CT molecular complexity index is 1020. The Morgan fingerprint density at radius 1 is 0.923 bits per heavy atom. The molecule has 4 heteroatoms. The van der Waals surface area contributed by atoms with Gasteiger partial charge in [0.1, 0.15) is 11.4 Å². The quantitative estimate of drug-likeness (QED) is 0.750. The molecule has 4 rings (SSSR count). The molecule has 26 heavy (non-hydrogen) atoms. The average Bonchev–Trinajstić information content (AvgIpc) is 3.15. The molecule has 3 aromatic carbocycles. The Hall–Kier alpha value is -3.09. The second kappa shape index (κ2) is 6.67. The lowest BCUT2D eigenvalue weighted by Crippen LogP contribution is -2.44. The van der Waals surface area contributed by atoms with Crippen molar-refractivity contribution in [1.82, 2.24) is 5.32 Å². The van der Waals surface area contributed by atoms with Crippen LogP contribution in [0.5, 0.6) is 0 Å². The SMILES string of the molecule is N#Cc1cccc(C2=NCC(c3ccccc3)(c3cccc(Cl)c3)N2)c1. The molecule has 1 atom stereocenters. The van der Waals surface area contributed by atoms with E-state index in [0.717, 1.165) is 22.5 Å². The van der Waals surface area contributed by atoms with E-state index in [1.165, 1.54) is 0 Å². The summed E-state index contributed by atoms with van der Waals surface area (Å²) in [6.07, 6.45) is 0. The average molecular weight is 358 g/mol. The molecule has 1 aliphatic rings. The number of hydrogen-bond donors (Lipinski definition) is 1. The van der Waals surface area contributed by atoms with Gasteiger partial charge >= 0.3 is 0 Å². The largest absolute Gasteiger partial charge is 0.355 e. The Morgan fingerprint density at radius 3 is 2.46 bits per heavy atom. The summed E-state index contributed by atoms with van der Waals surface area (Å²) < 4.78 is 0. The van der Waals surface area contributed by atoms with Gasteiger partial charge in [-0.05, 0) is 35.4 Å². The summed E-state index contributed by atoms with van der Waals surface area (Å²) in [6.45, 7) is 0.559. The summed E-state index contributed by atoms with van der Waals surface area (Å²) in [4.78, 5) is 4.77. The van der Waals surface area contributed by atoms with E-state index in [2.05, 4.69) is 29.6 Å². The van der Waals surface area contributed by atoms with Crippen LogP contribution in [0.2, 0.25) is 5.02 Å². The number of aliphatic imine (C=N–C) groups is 1. The maximum atomic E-state index is 9.17. The summed E-state index contributed by atoms with van der Waals surface area (Å²) in [7, 11) is 0. The summed E-state index contributed by atoms with van der Waals surface area (Å²) in [5, 5.41) is 13.5. The van der Waals surface area contributed by atoms with Crippen LogP contribution in [0, 0.1) is 11.3 Å². The van der Waals surface area contributed by atoms with Gasteiger partial charge in [-0.3, -0.25) is 4.99 Å². The second-order valence-corrected chi connectivity index (χ2v) is 6.70. The van der Waals surface area contributed by atoms with Gasteiger partial charge in [-0.1, -0.05) is 66.2 Å². The normalized spacial score (nSPS) is 18.7. The smallest absolute Gasteiger partial charge is 0.129 e. The zero-order valence-corrected chi connectivity index (χ0v) is 14.7. The van der Waals surface area contributed by atoms with E-state index in [9.17, 15) is 0 Å². The highest BCUT2D eigenvalue weighted by molar-refractivity contribution is 6.30. The summed E-state index contributed by atoms with van der Waals surface area (Å²) >= 11 is 6.26. The van der Waals surface area contributed by atoms with Gasteiger partial charge < -0.3 is 5.32 Å². The predicted octanol–water partition coefficient (Wildman–Crippen LogP) is 4.51. The highest BCUT2D eigenvalue weighted by Gasteiger charge is 2.39. The van der Waals surface area contributed by atoms with Crippen molar-refractivity contribution in [1.29, 1.82) is 5.26 Å². The van der Waals surface area contributed by atoms with Gasteiger partial charge in [0.2, 0.25) is 0 Å². The lowest BCUT2D eigenvalue weighted by Gasteiger charge is -2.31. The van der Waals surface area contributed by atoms with Crippen LogP contribution in [0.25, 0.3) is 0 Å². The molecule has 1 aliphatic heterocycles. The zero-order valence-electron chi connectivity index (χ0n) is 14.0.